The number of sulfonamides is 1. The van der Waals surface area contributed by atoms with Crippen molar-refractivity contribution < 1.29 is 27.5 Å². The minimum Gasteiger partial charge on any atom is -0.497 e. The highest BCUT2D eigenvalue weighted by molar-refractivity contribution is 7.88. The first-order valence-electron chi connectivity index (χ1n) is 10.4. The summed E-state index contributed by atoms with van der Waals surface area (Å²) < 4.78 is 36.2. The van der Waals surface area contributed by atoms with Crippen molar-refractivity contribution in [2.45, 2.75) is 25.6 Å². The van der Waals surface area contributed by atoms with E-state index >= 15 is 0 Å². The highest BCUT2D eigenvalue weighted by Gasteiger charge is 2.49. The smallest absolute Gasteiger partial charge is 0.247 e. The van der Waals surface area contributed by atoms with Crippen LogP contribution in [0.5, 0.6) is 11.5 Å². The van der Waals surface area contributed by atoms with Crippen LogP contribution in [0.15, 0.2) is 48.5 Å². The fraction of sp³-hybridized carbons (Fsp3) is 0.391. The zero-order valence-corrected chi connectivity index (χ0v) is 20.0. The predicted molar refractivity (Wildman–Crippen MR) is 123 cm³/mol. The average Bonchev–Trinajstić information content (AvgIpc) is 2.79. The number of rotatable bonds is 8. The van der Waals surface area contributed by atoms with Gasteiger partial charge in [0.15, 0.2) is 0 Å². The molecule has 1 heterocycles. The van der Waals surface area contributed by atoms with Crippen LogP contribution in [0.4, 0.5) is 0 Å². The normalized spacial score (nSPS) is 19.3. The molecule has 0 aliphatic carbocycles. The summed E-state index contributed by atoms with van der Waals surface area (Å²) >= 11 is 0. The monoisotopic (exact) mass is 475 g/mol. The Morgan fingerprint density at radius 2 is 1.82 bits per heavy atom. The van der Waals surface area contributed by atoms with Crippen molar-refractivity contribution in [2.24, 2.45) is 0 Å². The summed E-state index contributed by atoms with van der Waals surface area (Å²) in [6, 6.07) is 14.5. The maximum absolute atomic E-state index is 13.4. The highest BCUT2D eigenvalue weighted by atomic mass is 32.2. The molecule has 1 aliphatic heterocycles. The topological polar surface area (TPSA) is 105 Å². The minimum absolute atomic E-state index is 0.0683. The van der Waals surface area contributed by atoms with E-state index < -0.39 is 27.4 Å². The molecular formula is C23H29N3O6S. The molecule has 0 radical (unpaired) electrons. The van der Waals surface area contributed by atoms with E-state index in [2.05, 4.69) is 5.32 Å². The number of hydrogen-bond acceptors (Lipinski definition) is 6. The first kappa shape index (κ1) is 24.5. The molecule has 0 unspecified atom stereocenters. The molecule has 1 atom stereocenters. The number of hydrogen-bond donors (Lipinski definition) is 1. The number of carbonyl (C=O) groups excluding carboxylic acids is 2. The lowest BCUT2D eigenvalue weighted by atomic mass is 9.94. The number of methoxy groups -OCH3 is 2. The molecule has 1 fully saturated rings. The quantitative estimate of drug-likeness (QED) is 0.619. The maximum Gasteiger partial charge on any atom is 0.247 e. The number of benzene rings is 2. The van der Waals surface area contributed by atoms with E-state index in [0.717, 1.165) is 16.1 Å². The zero-order valence-electron chi connectivity index (χ0n) is 19.2. The molecule has 1 aliphatic rings. The van der Waals surface area contributed by atoms with Crippen molar-refractivity contribution in [1.29, 1.82) is 0 Å². The van der Waals surface area contributed by atoms with E-state index in [1.165, 1.54) is 19.1 Å². The summed E-state index contributed by atoms with van der Waals surface area (Å²) in [6.07, 6.45) is 1.03. The second-order valence-corrected chi connectivity index (χ2v) is 10.1. The largest absolute Gasteiger partial charge is 0.497 e. The number of carbonyl (C=O) groups is 2. The van der Waals surface area contributed by atoms with Gasteiger partial charge in [0.05, 0.1) is 33.6 Å². The first-order valence-corrected chi connectivity index (χ1v) is 12.2. The van der Waals surface area contributed by atoms with Crippen LogP contribution >= 0.6 is 0 Å². The van der Waals surface area contributed by atoms with E-state index in [1.807, 2.05) is 30.3 Å². The second-order valence-electron chi connectivity index (χ2n) is 8.13. The predicted octanol–water partition coefficient (Wildman–Crippen LogP) is 1.38. The molecule has 3 rings (SSSR count). The molecule has 2 amide bonds. The van der Waals surface area contributed by atoms with Gasteiger partial charge in [0, 0.05) is 24.7 Å². The van der Waals surface area contributed by atoms with Gasteiger partial charge in [-0.05, 0) is 24.6 Å². The standard InChI is InChI=1S/C23H29N3O6S/c1-23(22(28)24-13-17-8-6-5-7-9-17)16-25(33(4,29)30)15-21(27)26(23)14-18-10-11-19(31-2)12-20(18)32-3/h5-12H,13-16H2,1-4H3,(H,24,28)/t23-/m0/s1. The maximum atomic E-state index is 13.4. The van der Waals surface area contributed by atoms with Crippen LogP contribution in [-0.4, -0.2) is 68.5 Å². The summed E-state index contributed by atoms with van der Waals surface area (Å²) in [7, 11) is -0.638. The molecule has 0 saturated carbocycles. The van der Waals surface area contributed by atoms with Crippen LogP contribution in [0.2, 0.25) is 0 Å². The third-order valence-corrected chi connectivity index (χ3v) is 6.97. The molecule has 1 N–H and O–H groups in total. The Labute approximate surface area is 194 Å². The van der Waals surface area contributed by atoms with Gasteiger partial charge in [0.1, 0.15) is 17.0 Å². The lowest BCUT2D eigenvalue weighted by molar-refractivity contribution is -0.153. The van der Waals surface area contributed by atoms with Gasteiger partial charge in [-0.15, -0.1) is 0 Å². The molecule has 9 nitrogen and oxygen atoms in total. The van der Waals surface area contributed by atoms with E-state index in [9.17, 15) is 18.0 Å². The fourth-order valence-corrected chi connectivity index (χ4v) is 4.64. The number of amides is 2. The zero-order chi connectivity index (χ0) is 24.2. The van der Waals surface area contributed by atoms with Gasteiger partial charge in [-0.1, -0.05) is 30.3 Å². The summed E-state index contributed by atoms with van der Waals surface area (Å²) in [6.45, 7) is 1.41. The Kier molecular flexibility index (Phi) is 7.28. The lowest BCUT2D eigenvalue weighted by Gasteiger charge is -2.46. The molecule has 0 bridgehead atoms. The van der Waals surface area contributed by atoms with Gasteiger partial charge < -0.3 is 19.7 Å². The van der Waals surface area contributed by atoms with Gasteiger partial charge in [-0.25, -0.2) is 8.42 Å². The third-order valence-electron chi connectivity index (χ3n) is 5.77. The van der Waals surface area contributed by atoms with Crippen LogP contribution < -0.4 is 14.8 Å². The number of piperazine rings is 1. The first-order chi connectivity index (χ1) is 15.6. The molecule has 0 spiro atoms. The van der Waals surface area contributed by atoms with Crippen molar-refractivity contribution >= 4 is 21.8 Å². The van der Waals surface area contributed by atoms with Gasteiger partial charge in [-0.2, -0.15) is 4.31 Å². The molecule has 2 aromatic carbocycles. The summed E-state index contributed by atoms with van der Waals surface area (Å²) in [5, 5.41) is 2.86. The van der Waals surface area contributed by atoms with E-state index in [4.69, 9.17) is 9.47 Å². The van der Waals surface area contributed by atoms with Crippen LogP contribution in [0.3, 0.4) is 0 Å². The average molecular weight is 476 g/mol. The van der Waals surface area contributed by atoms with Gasteiger partial charge in [0.25, 0.3) is 0 Å². The van der Waals surface area contributed by atoms with Gasteiger partial charge >= 0.3 is 0 Å². The van der Waals surface area contributed by atoms with Crippen molar-refractivity contribution in [2.75, 3.05) is 33.6 Å². The lowest BCUT2D eigenvalue weighted by Crippen LogP contribution is -2.69. The van der Waals surface area contributed by atoms with Crippen LogP contribution in [0.25, 0.3) is 0 Å². The highest BCUT2D eigenvalue weighted by Crippen LogP contribution is 2.31. The van der Waals surface area contributed by atoms with Crippen molar-refractivity contribution in [3.8, 4) is 11.5 Å². The van der Waals surface area contributed by atoms with Crippen LogP contribution in [0, 0.1) is 0 Å². The number of ether oxygens (including phenoxy) is 2. The van der Waals surface area contributed by atoms with Crippen molar-refractivity contribution in [3.05, 3.63) is 59.7 Å². The fourth-order valence-electron chi connectivity index (χ4n) is 3.81. The molecule has 0 aromatic heterocycles. The second kappa shape index (κ2) is 9.80. The minimum atomic E-state index is -3.68. The van der Waals surface area contributed by atoms with E-state index in [-0.39, 0.29) is 26.2 Å². The molecule has 2 aromatic rings. The summed E-state index contributed by atoms with van der Waals surface area (Å²) in [5.74, 6) is 0.175. The Balaban J connectivity index is 1.93. The molecule has 178 valence electrons. The van der Waals surface area contributed by atoms with Gasteiger partial charge in [0.2, 0.25) is 21.8 Å². The Morgan fingerprint density at radius 3 is 2.42 bits per heavy atom. The summed E-state index contributed by atoms with van der Waals surface area (Å²) in [5.41, 5.74) is 0.125. The van der Waals surface area contributed by atoms with E-state index in [0.29, 0.717) is 17.1 Å². The van der Waals surface area contributed by atoms with Crippen LogP contribution in [-0.2, 0) is 32.7 Å². The number of nitrogens with zero attached hydrogens (tertiary/aromatic N) is 2. The molecular weight excluding hydrogens is 446 g/mol. The van der Waals surface area contributed by atoms with Crippen LogP contribution in [0.1, 0.15) is 18.1 Å². The molecule has 1 saturated heterocycles. The Bertz CT molecular complexity index is 1120. The SMILES string of the molecule is COc1ccc(CN2C(=O)CN(S(C)(=O)=O)C[C@@]2(C)C(=O)NCc2ccccc2)c(OC)c1. The summed E-state index contributed by atoms with van der Waals surface area (Å²) in [4.78, 5) is 28.0. The molecule has 33 heavy (non-hydrogen) atoms. The third kappa shape index (κ3) is 5.45. The number of nitrogens with one attached hydrogen (secondary N) is 1. The molecule has 10 heteroatoms. The van der Waals surface area contributed by atoms with E-state index in [1.54, 1.807) is 25.1 Å². The Hall–Kier alpha value is -3.11. The Morgan fingerprint density at radius 1 is 1.12 bits per heavy atom. The van der Waals surface area contributed by atoms with Crippen molar-refractivity contribution in [1.82, 2.24) is 14.5 Å². The van der Waals surface area contributed by atoms with Gasteiger partial charge in [-0.3, -0.25) is 9.59 Å². The van der Waals surface area contributed by atoms with Crippen molar-refractivity contribution in [3.63, 3.8) is 0 Å².